The zero-order valence-electron chi connectivity index (χ0n) is 23.4. The highest BCUT2D eigenvalue weighted by atomic mass is 79.9. The van der Waals surface area contributed by atoms with Crippen LogP contribution in [0, 0.1) is 0 Å². The molecular formula is C35H33BrN2O3. The van der Waals surface area contributed by atoms with Crippen LogP contribution in [0.25, 0.3) is 22.0 Å². The van der Waals surface area contributed by atoms with Gasteiger partial charge in [0.05, 0.1) is 17.7 Å². The number of nitrogens with zero attached hydrogens (tertiary/aromatic N) is 1. The molecule has 1 heterocycles. The molecule has 6 rings (SSSR count). The van der Waals surface area contributed by atoms with E-state index in [-0.39, 0.29) is 12.6 Å². The van der Waals surface area contributed by atoms with Crippen LogP contribution in [0.5, 0.6) is 0 Å². The number of hydrogen-bond donors (Lipinski definition) is 2. The second-order valence-electron chi connectivity index (χ2n) is 11.6. The number of carbonyl (C=O) groups is 1. The normalized spacial score (nSPS) is 14.5. The van der Waals surface area contributed by atoms with Crippen LogP contribution in [-0.4, -0.2) is 34.0 Å². The van der Waals surface area contributed by atoms with Gasteiger partial charge in [0.2, 0.25) is 0 Å². The molecule has 0 radical (unpaired) electrons. The lowest BCUT2D eigenvalue weighted by molar-refractivity contribution is 0.0544. The predicted molar refractivity (Wildman–Crippen MR) is 167 cm³/mol. The molecule has 2 N–H and O–H groups in total. The van der Waals surface area contributed by atoms with E-state index in [2.05, 4.69) is 94.0 Å². The molecule has 4 aromatic carbocycles. The summed E-state index contributed by atoms with van der Waals surface area (Å²) in [6, 6.07) is 32.9. The minimum Gasteiger partial charge on any atom is -0.443 e. The zero-order valence-corrected chi connectivity index (χ0v) is 25.0. The Bertz CT molecular complexity index is 1690. The monoisotopic (exact) mass is 608 g/mol. The van der Waals surface area contributed by atoms with Crippen LogP contribution in [0.3, 0.4) is 0 Å². The Morgan fingerprint density at radius 2 is 1.51 bits per heavy atom. The van der Waals surface area contributed by atoms with Gasteiger partial charge in [-0.1, -0.05) is 101 Å². The van der Waals surface area contributed by atoms with Gasteiger partial charge in [-0.3, -0.25) is 9.88 Å². The van der Waals surface area contributed by atoms with Crippen LogP contribution < -0.4 is 5.32 Å². The SMILES string of the molecule is CC(C)(C)OC(=O)n1cc(C[C@H](CO)NC2(c3ccccc3)c3ccccc3-c3ccccc32)c2c(Br)cccc21. The van der Waals surface area contributed by atoms with Crippen LogP contribution in [0.2, 0.25) is 0 Å². The molecule has 1 aromatic heterocycles. The maximum atomic E-state index is 13.2. The number of ether oxygens (including phenoxy) is 1. The van der Waals surface area contributed by atoms with Gasteiger partial charge in [-0.25, -0.2) is 4.79 Å². The number of hydrogen-bond acceptors (Lipinski definition) is 4. The highest BCUT2D eigenvalue weighted by Crippen LogP contribution is 2.51. The van der Waals surface area contributed by atoms with Crippen LogP contribution in [0.15, 0.2) is 108 Å². The molecule has 0 bridgehead atoms. The van der Waals surface area contributed by atoms with Crippen LogP contribution >= 0.6 is 15.9 Å². The molecule has 0 aliphatic heterocycles. The van der Waals surface area contributed by atoms with Crippen LogP contribution in [0.4, 0.5) is 4.79 Å². The van der Waals surface area contributed by atoms with E-state index < -0.39 is 17.2 Å². The Hall–Kier alpha value is -3.71. The van der Waals surface area contributed by atoms with Crippen molar-refractivity contribution in [2.24, 2.45) is 0 Å². The molecule has 0 saturated heterocycles. The van der Waals surface area contributed by atoms with Gasteiger partial charge < -0.3 is 9.84 Å². The maximum absolute atomic E-state index is 13.2. The van der Waals surface area contributed by atoms with Crippen LogP contribution in [0.1, 0.15) is 43.0 Å². The Morgan fingerprint density at radius 3 is 2.12 bits per heavy atom. The molecule has 1 atom stereocenters. The summed E-state index contributed by atoms with van der Waals surface area (Å²) in [5.41, 5.74) is 6.19. The van der Waals surface area contributed by atoms with E-state index in [1.54, 1.807) is 4.57 Å². The molecule has 0 saturated carbocycles. The number of rotatable bonds is 6. The smallest absolute Gasteiger partial charge is 0.419 e. The molecule has 5 nitrogen and oxygen atoms in total. The zero-order chi connectivity index (χ0) is 28.8. The Labute approximate surface area is 248 Å². The average Bonchev–Trinajstić information content (AvgIpc) is 3.48. The van der Waals surface area contributed by atoms with Crippen molar-refractivity contribution in [2.45, 2.75) is 44.4 Å². The Kier molecular flexibility index (Phi) is 7.10. The predicted octanol–water partition coefficient (Wildman–Crippen LogP) is 7.65. The highest BCUT2D eigenvalue weighted by Gasteiger charge is 2.45. The molecule has 0 fully saturated rings. The van der Waals surface area contributed by atoms with E-state index in [9.17, 15) is 9.90 Å². The summed E-state index contributed by atoms with van der Waals surface area (Å²) in [5, 5.41) is 15.7. The number of halogens is 1. The molecule has 0 amide bonds. The number of aliphatic hydroxyl groups is 1. The minimum atomic E-state index is -0.664. The lowest BCUT2D eigenvalue weighted by Gasteiger charge is -2.37. The summed E-state index contributed by atoms with van der Waals surface area (Å²) in [4.78, 5) is 13.2. The lowest BCUT2D eigenvalue weighted by Crippen LogP contribution is -2.50. The third-order valence-electron chi connectivity index (χ3n) is 7.71. The van der Waals surface area contributed by atoms with Gasteiger partial charge in [0.25, 0.3) is 0 Å². The summed E-state index contributed by atoms with van der Waals surface area (Å²) in [6.07, 6.45) is 1.91. The first-order valence-electron chi connectivity index (χ1n) is 13.9. The molecule has 5 aromatic rings. The van der Waals surface area contributed by atoms with Crippen LogP contribution in [-0.2, 0) is 16.7 Å². The van der Waals surface area contributed by atoms with E-state index in [4.69, 9.17) is 4.74 Å². The number of aliphatic hydroxyl groups excluding tert-OH is 1. The number of nitrogens with one attached hydrogen (secondary N) is 1. The first-order valence-corrected chi connectivity index (χ1v) is 14.7. The van der Waals surface area contributed by atoms with E-state index in [0.29, 0.717) is 6.42 Å². The molecule has 6 heteroatoms. The van der Waals surface area contributed by atoms with Crippen molar-refractivity contribution in [3.05, 3.63) is 130 Å². The third-order valence-corrected chi connectivity index (χ3v) is 8.37. The summed E-state index contributed by atoms with van der Waals surface area (Å²) >= 11 is 3.71. The van der Waals surface area contributed by atoms with Crippen molar-refractivity contribution in [1.29, 1.82) is 0 Å². The minimum absolute atomic E-state index is 0.0948. The first kappa shape index (κ1) is 27.5. The standard InChI is InChI=1S/C35H33BrN2O3/c1-34(2,3)41-33(40)38-21-23(32-30(36)18-11-19-31(32)38)20-25(22-39)37-35(24-12-5-4-6-13-24)28-16-9-7-14-26(28)27-15-8-10-17-29(27)35/h4-19,21,25,37,39H,20,22H2,1-3H3/t25-/m1/s1. The van der Waals surface area contributed by atoms with Gasteiger partial charge in [0.15, 0.2) is 0 Å². The average molecular weight is 610 g/mol. The van der Waals surface area contributed by atoms with E-state index >= 15 is 0 Å². The summed E-state index contributed by atoms with van der Waals surface area (Å²) in [7, 11) is 0. The number of carbonyl (C=O) groups excluding carboxylic acids is 1. The molecule has 41 heavy (non-hydrogen) atoms. The largest absolute Gasteiger partial charge is 0.443 e. The van der Waals surface area contributed by atoms with E-state index in [1.165, 1.54) is 11.1 Å². The molecule has 0 unspecified atom stereocenters. The Balaban J connectivity index is 1.47. The van der Waals surface area contributed by atoms with Crippen molar-refractivity contribution in [3.63, 3.8) is 0 Å². The highest BCUT2D eigenvalue weighted by molar-refractivity contribution is 9.10. The van der Waals surface area contributed by atoms with Gasteiger partial charge in [0.1, 0.15) is 5.60 Å². The van der Waals surface area contributed by atoms with Gasteiger partial charge >= 0.3 is 6.09 Å². The first-order chi connectivity index (χ1) is 19.7. The molecule has 1 aliphatic rings. The fourth-order valence-corrected chi connectivity index (χ4v) is 6.75. The van der Waals surface area contributed by atoms with Crippen molar-refractivity contribution in [3.8, 4) is 11.1 Å². The summed E-state index contributed by atoms with van der Waals surface area (Å²) < 4.78 is 8.18. The van der Waals surface area contributed by atoms with Crippen molar-refractivity contribution in [1.82, 2.24) is 9.88 Å². The van der Waals surface area contributed by atoms with Crippen molar-refractivity contribution in [2.75, 3.05) is 6.61 Å². The fraction of sp³-hybridized carbons (Fsp3) is 0.229. The topological polar surface area (TPSA) is 63.5 Å². The lowest BCUT2D eigenvalue weighted by atomic mass is 9.79. The summed E-state index contributed by atoms with van der Waals surface area (Å²) in [6.45, 7) is 5.49. The van der Waals surface area contributed by atoms with Gasteiger partial charge in [-0.2, -0.15) is 0 Å². The van der Waals surface area contributed by atoms with E-state index in [0.717, 1.165) is 37.6 Å². The van der Waals surface area contributed by atoms with Gasteiger partial charge in [-0.15, -0.1) is 0 Å². The fourth-order valence-electron chi connectivity index (χ4n) is 6.14. The second-order valence-corrected chi connectivity index (χ2v) is 12.4. The van der Waals surface area contributed by atoms with Crippen molar-refractivity contribution >= 4 is 32.9 Å². The number of benzene rings is 4. The maximum Gasteiger partial charge on any atom is 0.419 e. The molecular weight excluding hydrogens is 576 g/mol. The van der Waals surface area contributed by atoms with Crippen molar-refractivity contribution < 1.29 is 14.6 Å². The molecule has 1 aliphatic carbocycles. The van der Waals surface area contributed by atoms with E-state index in [1.807, 2.05) is 51.2 Å². The second kappa shape index (κ2) is 10.6. The number of fused-ring (bicyclic) bond motifs is 4. The molecule has 208 valence electrons. The molecule has 0 spiro atoms. The number of aromatic nitrogens is 1. The van der Waals surface area contributed by atoms with Gasteiger partial charge in [0, 0.05) is 22.1 Å². The third kappa shape index (κ3) is 4.80. The summed E-state index contributed by atoms with van der Waals surface area (Å²) in [5.74, 6) is 0. The van der Waals surface area contributed by atoms with Gasteiger partial charge in [-0.05, 0) is 72.7 Å². The quantitative estimate of drug-likeness (QED) is 0.208. The Morgan fingerprint density at radius 1 is 0.902 bits per heavy atom.